The molecule has 1 amide bonds. The molecule has 4 N–H and O–H groups in total. The minimum absolute atomic E-state index is 0.155. The van der Waals surface area contributed by atoms with Crippen LogP contribution in [0, 0.1) is 10.1 Å². The first-order chi connectivity index (χ1) is 9.43. The number of aromatic amines is 1. The maximum absolute atomic E-state index is 11.2. The number of amides is 1. The number of rotatable bonds is 4. The molecule has 1 heterocycles. The number of nitro benzene ring substituents is 1. The fourth-order valence-electron chi connectivity index (χ4n) is 1.69. The van der Waals surface area contributed by atoms with Crippen LogP contribution in [0.25, 0.3) is 11.3 Å². The van der Waals surface area contributed by atoms with Crippen LogP contribution in [0.3, 0.4) is 0 Å². The zero-order valence-corrected chi connectivity index (χ0v) is 9.73. The highest BCUT2D eigenvalue weighted by Gasteiger charge is 2.28. The van der Waals surface area contributed by atoms with E-state index in [1.807, 2.05) is 0 Å². The Morgan fingerprint density at radius 1 is 1.35 bits per heavy atom. The number of benzene rings is 1. The van der Waals surface area contributed by atoms with Crippen LogP contribution in [0.15, 0.2) is 18.2 Å². The van der Waals surface area contributed by atoms with Gasteiger partial charge in [0.15, 0.2) is 5.69 Å². The van der Waals surface area contributed by atoms with Crippen molar-refractivity contribution >= 4 is 17.6 Å². The number of carboxylic acid groups (broad SMARTS) is 1. The van der Waals surface area contributed by atoms with Crippen LogP contribution in [0.1, 0.15) is 20.8 Å². The van der Waals surface area contributed by atoms with E-state index in [9.17, 15) is 19.7 Å². The number of carboxylic acids is 1. The number of H-pyrrole nitrogens is 1. The van der Waals surface area contributed by atoms with E-state index >= 15 is 0 Å². The molecule has 0 saturated heterocycles. The molecule has 0 fully saturated rings. The molecule has 0 aliphatic rings. The van der Waals surface area contributed by atoms with Crippen molar-refractivity contribution in [2.75, 3.05) is 0 Å². The summed E-state index contributed by atoms with van der Waals surface area (Å²) >= 11 is 0. The van der Waals surface area contributed by atoms with Gasteiger partial charge in [-0.05, 0) is 12.1 Å². The molecule has 0 bridgehead atoms. The number of hydrogen-bond acceptors (Lipinski definition) is 6. The molecule has 0 unspecified atom stereocenters. The third-order valence-corrected chi connectivity index (χ3v) is 2.49. The van der Waals surface area contributed by atoms with E-state index in [4.69, 9.17) is 10.8 Å². The monoisotopic (exact) mass is 277 g/mol. The Morgan fingerprint density at radius 3 is 2.60 bits per heavy atom. The third-order valence-electron chi connectivity index (χ3n) is 2.49. The highest BCUT2D eigenvalue weighted by molar-refractivity contribution is 6.01. The van der Waals surface area contributed by atoms with Gasteiger partial charge in [0.05, 0.1) is 10.5 Å². The average molecular weight is 277 g/mol. The number of aromatic nitrogens is 3. The summed E-state index contributed by atoms with van der Waals surface area (Å²) in [5.41, 5.74) is 3.23. The Morgan fingerprint density at radius 2 is 2.05 bits per heavy atom. The summed E-state index contributed by atoms with van der Waals surface area (Å²) in [5, 5.41) is 29.3. The minimum Gasteiger partial charge on any atom is -0.477 e. The molecule has 102 valence electrons. The largest absolute Gasteiger partial charge is 0.477 e. The van der Waals surface area contributed by atoms with Crippen molar-refractivity contribution in [3.8, 4) is 11.3 Å². The molecule has 1 aromatic carbocycles. The first kappa shape index (κ1) is 13.1. The number of nitrogens with two attached hydrogens (primary N) is 1. The van der Waals surface area contributed by atoms with Crippen LogP contribution in [0.2, 0.25) is 0 Å². The van der Waals surface area contributed by atoms with Crippen molar-refractivity contribution < 1.29 is 19.6 Å². The Bertz CT molecular complexity index is 723. The second-order valence-electron chi connectivity index (χ2n) is 3.65. The minimum atomic E-state index is -1.47. The first-order valence-electron chi connectivity index (χ1n) is 5.15. The lowest BCUT2D eigenvalue weighted by atomic mass is 10.0. The first-order valence-corrected chi connectivity index (χ1v) is 5.15. The predicted molar refractivity (Wildman–Crippen MR) is 64.0 cm³/mol. The topological polar surface area (TPSA) is 165 Å². The molecule has 0 aliphatic carbocycles. The summed E-state index contributed by atoms with van der Waals surface area (Å²) in [5.74, 6) is -2.41. The Kier molecular flexibility index (Phi) is 3.13. The molecule has 2 aromatic rings. The molecule has 0 atom stereocenters. The van der Waals surface area contributed by atoms with Gasteiger partial charge in [-0.1, -0.05) is 6.07 Å². The summed E-state index contributed by atoms with van der Waals surface area (Å²) in [4.78, 5) is 32.4. The van der Waals surface area contributed by atoms with Crippen molar-refractivity contribution in [3.05, 3.63) is 39.6 Å². The van der Waals surface area contributed by atoms with Gasteiger partial charge in [0.1, 0.15) is 11.3 Å². The summed E-state index contributed by atoms with van der Waals surface area (Å²) < 4.78 is 0. The second kappa shape index (κ2) is 4.76. The molecule has 10 nitrogen and oxygen atoms in total. The molecule has 0 radical (unpaired) electrons. The summed E-state index contributed by atoms with van der Waals surface area (Å²) in [6.45, 7) is 0. The number of para-hydroxylation sites is 1. The normalized spacial score (nSPS) is 10.2. The summed E-state index contributed by atoms with van der Waals surface area (Å²) in [6, 6.07) is 3.63. The standard InChI is InChI=1S/C10H7N5O5/c11-9(16)7-6(12-14-13-7)4-2-1-3-5(10(17)18)8(4)15(19)20/h1-3H,(H2,11,16)(H,17,18)(H,12,13,14). The number of aromatic carboxylic acids is 1. The molecular formula is C10H7N5O5. The fourth-order valence-corrected chi connectivity index (χ4v) is 1.69. The number of carbonyl (C=O) groups is 2. The van der Waals surface area contributed by atoms with Gasteiger partial charge >= 0.3 is 5.97 Å². The van der Waals surface area contributed by atoms with Gasteiger partial charge < -0.3 is 10.8 Å². The molecular weight excluding hydrogens is 270 g/mol. The number of primary amides is 1. The van der Waals surface area contributed by atoms with Crippen LogP contribution in [0.4, 0.5) is 5.69 Å². The Hall–Kier alpha value is -3.30. The van der Waals surface area contributed by atoms with Crippen molar-refractivity contribution in [1.82, 2.24) is 15.4 Å². The van der Waals surface area contributed by atoms with Gasteiger partial charge in [0.25, 0.3) is 11.6 Å². The lowest BCUT2D eigenvalue weighted by Crippen LogP contribution is -2.13. The Labute approximate surface area is 110 Å². The van der Waals surface area contributed by atoms with Crippen molar-refractivity contribution in [3.63, 3.8) is 0 Å². The van der Waals surface area contributed by atoms with E-state index in [1.165, 1.54) is 12.1 Å². The highest BCUT2D eigenvalue weighted by atomic mass is 16.6. The molecule has 0 spiro atoms. The van der Waals surface area contributed by atoms with E-state index < -0.39 is 28.1 Å². The fraction of sp³-hybridized carbons (Fsp3) is 0. The van der Waals surface area contributed by atoms with Crippen molar-refractivity contribution in [2.24, 2.45) is 5.73 Å². The van der Waals surface area contributed by atoms with Crippen LogP contribution in [-0.2, 0) is 0 Å². The van der Waals surface area contributed by atoms with Gasteiger partial charge in [-0.3, -0.25) is 14.9 Å². The number of hydrogen-bond donors (Lipinski definition) is 3. The summed E-state index contributed by atoms with van der Waals surface area (Å²) in [6.07, 6.45) is 0. The van der Waals surface area contributed by atoms with Crippen LogP contribution in [-0.4, -0.2) is 37.3 Å². The molecule has 2 rings (SSSR count). The second-order valence-corrected chi connectivity index (χ2v) is 3.65. The molecule has 10 heteroatoms. The maximum atomic E-state index is 11.2. The van der Waals surface area contributed by atoms with Gasteiger partial charge in [-0.25, -0.2) is 4.79 Å². The van der Waals surface area contributed by atoms with Crippen LogP contribution >= 0.6 is 0 Å². The van der Waals surface area contributed by atoms with Gasteiger partial charge in [0.2, 0.25) is 0 Å². The number of nitro groups is 1. The van der Waals surface area contributed by atoms with Gasteiger partial charge in [-0.2, -0.15) is 15.4 Å². The number of carbonyl (C=O) groups excluding carboxylic acids is 1. The quantitative estimate of drug-likeness (QED) is 0.529. The van der Waals surface area contributed by atoms with Crippen LogP contribution < -0.4 is 5.73 Å². The number of nitrogens with one attached hydrogen (secondary N) is 1. The average Bonchev–Trinajstić information content (AvgIpc) is 2.86. The van der Waals surface area contributed by atoms with E-state index in [0.29, 0.717) is 0 Å². The lowest BCUT2D eigenvalue weighted by Gasteiger charge is -2.03. The highest BCUT2D eigenvalue weighted by Crippen LogP contribution is 2.32. The van der Waals surface area contributed by atoms with E-state index in [1.54, 1.807) is 0 Å². The lowest BCUT2D eigenvalue weighted by molar-refractivity contribution is -0.384. The third kappa shape index (κ3) is 2.05. The Balaban J connectivity index is 2.77. The zero-order valence-electron chi connectivity index (χ0n) is 9.73. The van der Waals surface area contributed by atoms with E-state index in [0.717, 1.165) is 6.07 Å². The SMILES string of the molecule is NC(=O)c1n[nH]nc1-c1cccc(C(=O)O)c1[N+](=O)[O-]. The molecule has 0 saturated carbocycles. The summed E-state index contributed by atoms with van der Waals surface area (Å²) in [7, 11) is 0. The van der Waals surface area contributed by atoms with E-state index in [2.05, 4.69) is 15.4 Å². The van der Waals surface area contributed by atoms with Gasteiger partial charge in [-0.15, -0.1) is 0 Å². The number of nitrogens with zero attached hydrogens (tertiary/aromatic N) is 3. The van der Waals surface area contributed by atoms with E-state index in [-0.39, 0.29) is 17.0 Å². The van der Waals surface area contributed by atoms with Crippen LogP contribution in [0.5, 0.6) is 0 Å². The van der Waals surface area contributed by atoms with Crippen molar-refractivity contribution in [2.45, 2.75) is 0 Å². The smallest absolute Gasteiger partial charge is 0.342 e. The van der Waals surface area contributed by atoms with Crippen molar-refractivity contribution in [1.29, 1.82) is 0 Å². The molecule has 20 heavy (non-hydrogen) atoms. The maximum Gasteiger partial charge on any atom is 0.342 e. The van der Waals surface area contributed by atoms with Gasteiger partial charge in [0, 0.05) is 0 Å². The molecule has 1 aromatic heterocycles. The zero-order chi connectivity index (χ0) is 14.9. The predicted octanol–water partition coefficient (Wildman–Crippen LogP) is 0.177. The molecule has 0 aliphatic heterocycles.